The predicted octanol–water partition coefficient (Wildman–Crippen LogP) is 5.53. The van der Waals surface area contributed by atoms with E-state index in [-0.39, 0.29) is 5.91 Å². The van der Waals surface area contributed by atoms with Crippen LogP contribution >= 0.6 is 11.3 Å². The van der Waals surface area contributed by atoms with Gasteiger partial charge in [-0.3, -0.25) is 4.79 Å². The lowest BCUT2D eigenvalue weighted by Crippen LogP contribution is -2.12. The number of amides is 1. The third kappa shape index (κ3) is 5.41. The highest BCUT2D eigenvalue weighted by Gasteiger charge is 2.10. The van der Waals surface area contributed by atoms with Crippen LogP contribution in [-0.2, 0) is 4.79 Å². The molecule has 140 valence electrons. The maximum Gasteiger partial charge on any atom is 0.226 e. The van der Waals surface area contributed by atoms with Crippen LogP contribution in [0.3, 0.4) is 0 Å². The van der Waals surface area contributed by atoms with Crippen LogP contribution in [0.5, 0.6) is 5.75 Å². The molecule has 3 rings (SSSR count). The number of aryl methyl sites for hydroxylation is 3. The van der Waals surface area contributed by atoms with Crippen LogP contribution in [0.2, 0.25) is 0 Å². The van der Waals surface area contributed by atoms with Gasteiger partial charge in [0, 0.05) is 17.4 Å². The van der Waals surface area contributed by atoms with Crippen LogP contribution in [-0.4, -0.2) is 17.5 Å². The zero-order chi connectivity index (χ0) is 19.2. The molecule has 1 aromatic heterocycles. The van der Waals surface area contributed by atoms with E-state index in [0.29, 0.717) is 24.6 Å². The molecule has 0 bridgehead atoms. The number of nitrogens with zero attached hydrogens (tertiary/aromatic N) is 1. The molecule has 0 aliphatic heterocycles. The molecule has 1 amide bonds. The molecule has 3 aromatic rings. The second kappa shape index (κ2) is 8.82. The van der Waals surface area contributed by atoms with Crippen molar-refractivity contribution in [1.29, 1.82) is 0 Å². The summed E-state index contributed by atoms with van der Waals surface area (Å²) < 4.78 is 5.68. The number of thiazole rings is 1. The standard InChI is InChI=1S/C22H24N2O2S/c1-15-6-4-7-18(12-15)26-11-5-8-21(25)24-22-23-20(14-27-22)19-13-16(2)9-10-17(19)3/h4,6-7,9-10,12-14H,5,8,11H2,1-3H3,(H,23,24,25). The zero-order valence-corrected chi connectivity index (χ0v) is 16.7. The summed E-state index contributed by atoms with van der Waals surface area (Å²) in [6.07, 6.45) is 1.07. The first kappa shape index (κ1) is 19.1. The van der Waals surface area contributed by atoms with Gasteiger partial charge in [0.1, 0.15) is 5.75 Å². The van der Waals surface area contributed by atoms with Crippen molar-refractivity contribution in [3.63, 3.8) is 0 Å². The van der Waals surface area contributed by atoms with E-state index in [4.69, 9.17) is 4.74 Å². The van der Waals surface area contributed by atoms with Crippen molar-refractivity contribution in [2.75, 3.05) is 11.9 Å². The van der Waals surface area contributed by atoms with Crippen molar-refractivity contribution in [1.82, 2.24) is 4.98 Å². The molecule has 1 N–H and O–H groups in total. The molecule has 0 radical (unpaired) electrons. The molecular weight excluding hydrogens is 356 g/mol. The van der Waals surface area contributed by atoms with Crippen LogP contribution < -0.4 is 10.1 Å². The fourth-order valence-electron chi connectivity index (χ4n) is 2.78. The minimum atomic E-state index is -0.0373. The highest BCUT2D eigenvalue weighted by atomic mass is 32.1. The first-order chi connectivity index (χ1) is 13.0. The normalized spacial score (nSPS) is 10.6. The first-order valence-electron chi connectivity index (χ1n) is 9.04. The van der Waals surface area contributed by atoms with Crippen molar-refractivity contribution >= 4 is 22.4 Å². The molecule has 5 heteroatoms. The molecule has 0 saturated carbocycles. The molecule has 0 aliphatic rings. The topological polar surface area (TPSA) is 51.2 Å². The Labute approximate surface area is 164 Å². The number of rotatable bonds is 7. The lowest BCUT2D eigenvalue weighted by atomic mass is 10.0. The maximum absolute atomic E-state index is 12.1. The number of carbonyl (C=O) groups excluding carboxylic acids is 1. The van der Waals surface area contributed by atoms with Gasteiger partial charge in [-0.15, -0.1) is 11.3 Å². The van der Waals surface area contributed by atoms with Gasteiger partial charge in [-0.05, 0) is 56.5 Å². The number of carbonyl (C=O) groups is 1. The Morgan fingerprint density at radius 3 is 2.74 bits per heavy atom. The summed E-state index contributed by atoms with van der Waals surface area (Å²) in [5.74, 6) is 0.804. The van der Waals surface area contributed by atoms with E-state index in [1.165, 1.54) is 22.5 Å². The number of hydrogen-bond donors (Lipinski definition) is 1. The van der Waals surface area contributed by atoms with Gasteiger partial charge in [0.15, 0.2) is 5.13 Å². The molecule has 1 heterocycles. The number of aromatic nitrogens is 1. The zero-order valence-electron chi connectivity index (χ0n) is 15.9. The molecule has 0 atom stereocenters. The largest absolute Gasteiger partial charge is 0.494 e. The fraction of sp³-hybridized carbons (Fsp3) is 0.273. The van der Waals surface area contributed by atoms with E-state index in [1.54, 1.807) is 0 Å². The van der Waals surface area contributed by atoms with Gasteiger partial charge in [0.05, 0.1) is 12.3 Å². The Morgan fingerprint density at radius 2 is 1.93 bits per heavy atom. The van der Waals surface area contributed by atoms with Gasteiger partial charge >= 0.3 is 0 Å². The average molecular weight is 381 g/mol. The van der Waals surface area contributed by atoms with E-state index in [1.807, 2.05) is 36.6 Å². The maximum atomic E-state index is 12.1. The third-order valence-corrected chi connectivity index (χ3v) is 4.98. The van der Waals surface area contributed by atoms with Crippen LogP contribution in [0.4, 0.5) is 5.13 Å². The summed E-state index contributed by atoms with van der Waals surface area (Å²) in [4.78, 5) is 16.7. The molecule has 4 nitrogen and oxygen atoms in total. The molecule has 0 unspecified atom stereocenters. The molecular formula is C22H24N2O2S. The first-order valence-corrected chi connectivity index (χ1v) is 9.92. The SMILES string of the molecule is Cc1cccc(OCCCC(=O)Nc2nc(-c3cc(C)ccc3C)cs2)c1. The Hall–Kier alpha value is -2.66. The Morgan fingerprint density at radius 1 is 1.11 bits per heavy atom. The molecule has 2 aromatic carbocycles. The number of ether oxygens (including phenoxy) is 1. The van der Waals surface area contributed by atoms with Crippen molar-refractivity contribution in [2.24, 2.45) is 0 Å². The summed E-state index contributed by atoms with van der Waals surface area (Å²) in [5, 5.41) is 5.51. The van der Waals surface area contributed by atoms with E-state index in [0.717, 1.165) is 22.6 Å². The van der Waals surface area contributed by atoms with Crippen LogP contribution in [0.1, 0.15) is 29.5 Å². The smallest absolute Gasteiger partial charge is 0.226 e. The molecule has 27 heavy (non-hydrogen) atoms. The predicted molar refractivity (Wildman–Crippen MR) is 112 cm³/mol. The highest BCUT2D eigenvalue weighted by molar-refractivity contribution is 7.14. The quantitative estimate of drug-likeness (QED) is 0.548. The lowest BCUT2D eigenvalue weighted by molar-refractivity contribution is -0.116. The molecule has 0 spiro atoms. The van der Waals surface area contributed by atoms with Gasteiger partial charge in [-0.25, -0.2) is 4.98 Å². The van der Waals surface area contributed by atoms with Gasteiger partial charge in [-0.1, -0.05) is 29.8 Å². The number of benzene rings is 2. The lowest BCUT2D eigenvalue weighted by Gasteiger charge is -2.06. The summed E-state index contributed by atoms with van der Waals surface area (Å²) in [6.45, 7) is 6.68. The summed E-state index contributed by atoms with van der Waals surface area (Å²) >= 11 is 1.45. The Kier molecular flexibility index (Phi) is 6.24. The summed E-state index contributed by atoms with van der Waals surface area (Å²) in [6, 6.07) is 14.2. The van der Waals surface area contributed by atoms with Crippen LogP contribution in [0, 0.1) is 20.8 Å². The van der Waals surface area contributed by atoms with E-state index in [9.17, 15) is 4.79 Å². The summed E-state index contributed by atoms with van der Waals surface area (Å²) in [7, 11) is 0. The van der Waals surface area contributed by atoms with E-state index in [2.05, 4.69) is 42.3 Å². The Balaban J connectivity index is 1.48. The molecule has 0 fully saturated rings. The highest BCUT2D eigenvalue weighted by Crippen LogP contribution is 2.28. The molecule has 0 aliphatic carbocycles. The fourth-order valence-corrected chi connectivity index (χ4v) is 3.50. The van der Waals surface area contributed by atoms with Gasteiger partial charge < -0.3 is 10.1 Å². The third-order valence-electron chi connectivity index (χ3n) is 4.23. The summed E-state index contributed by atoms with van der Waals surface area (Å²) in [5.41, 5.74) is 5.55. The number of hydrogen-bond acceptors (Lipinski definition) is 4. The van der Waals surface area contributed by atoms with Gasteiger partial charge in [-0.2, -0.15) is 0 Å². The second-order valence-electron chi connectivity index (χ2n) is 6.67. The van der Waals surface area contributed by atoms with Gasteiger partial charge in [0.25, 0.3) is 0 Å². The number of nitrogens with one attached hydrogen (secondary N) is 1. The van der Waals surface area contributed by atoms with Gasteiger partial charge in [0.2, 0.25) is 5.91 Å². The van der Waals surface area contributed by atoms with Crippen molar-refractivity contribution in [3.8, 4) is 17.0 Å². The van der Waals surface area contributed by atoms with Crippen molar-refractivity contribution < 1.29 is 9.53 Å². The molecule has 0 saturated heterocycles. The minimum Gasteiger partial charge on any atom is -0.494 e. The van der Waals surface area contributed by atoms with E-state index < -0.39 is 0 Å². The van der Waals surface area contributed by atoms with Crippen molar-refractivity contribution in [3.05, 3.63) is 64.5 Å². The number of anilines is 1. The second-order valence-corrected chi connectivity index (χ2v) is 7.53. The Bertz CT molecular complexity index is 934. The van der Waals surface area contributed by atoms with Crippen LogP contribution in [0.25, 0.3) is 11.3 Å². The van der Waals surface area contributed by atoms with Crippen LogP contribution in [0.15, 0.2) is 47.8 Å². The minimum absolute atomic E-state index is 0.0373. The van der Waals surface area contributed by atoms with Crippen molar-refractivity contribution in [2.45, 2.75) is 33.6 Å². The average Bonchev–Trinajstić information content (AvgIpc) is 3.09. The van der Waals surface area contributed by atoms with E-state index >= 15 is 0 Å². The monoisotopic (exact) mass is 380 g/mol.